The van der Waals surface area contributed by atoms with E-state index in [0.29, 0.717) is 48.8 Å². The van der Waals surface area contributed by atoms with E-state index in [4.69, 9.17) is 4.74 Å². The van der Waals surface area contributed by atoms with Crippen LogP contribution in [0, 0.1) is 11.8 Å². The van der Waals surface area contributed by atoms with Crippen LogP contribution >= 0.6 is 0 Å². The highest BCUT2D eigenvalue weighted by Crippen LogP contribution is 2.42. The van der Waals surface area contributed by atoms with Gasteiger partial charge in [0.2, 0.25) is 10.0 Å². The second-order valence-electron chi connectivity index (χ2n) is 12.5. The Morgan fingerprint density at radius 3 is 2.41 bits per heavy atom. The number of unbranched alkanes of at least 4 members (excludes halogenated alkanes) is 3. The lowest BCUT2D eigenvalue weighted by Gasteiger charge is -2.32. The number of benzene rings is 2. The average molecular weight is 629 g/mol. The Balaban J connectivity index is 1.17. The first-order chi connectivity index (χ1) is 21.3. The number of ether oxygens (including phenoxy) is 1. The maximum atomic E-state index is 13.3. The molecule has 3 atom stereocenters. The molecule has 2 unspecified atom stereocenters. The fourth-order valence-electron chi connectivity index (χ4n) is 6.67. The Morgan fingerprint density at radius 1 is 1.00 bits per heavy atom. The molecular weight excluding hydrogens is 576 g/mol. The van der Waals surface area contributed by atoms with Crippen LogP contribution in [0.3, 0.4) is 0 Å². The number of sulfonamides is 1. The van der Waals surface area contributed by atoms with E-state index in [1.807, 2.05) is 0 Å². The van der Waals surface area contributed by atoms with Gasteiger partial charge in [0.1, 0.15) is 5.75 Å². The minimum atomic E-state index is -3.58. The van der Waals surface area contributed by atoms with Gasteiger partial charge in [-0.05, 0) is 105 Å². The molecule has 1 aliphatic carbocycles. The second-order valence-corrected chi connectivity index (χ2v) is 14.4. The monoisotopic (exact) mass is 628 g/mol. The Labute approximate surface area is 264 Å². The quantitative estimate of drug-likeness (QED) is 0.168. The van der Waals surface area contributed by atoms with E-state index < -0.39 is 10.0 Å². The number of hydrogen-bond donors (Lipinski definition) is 4. The van der Waals surface area contributed by atoms with Crippen LogP contribution in [0.15, 0.2) is 53.4 Å². The van der Waals surface area contributed by atoms with E-state index in [1.54, 1.807) is 47.8 Å². The number of methoxy groups -OCH3 is 1. The standard InChI is InChI=1S/C34H52N4O5S/c1-3-4-5-6-20-36-34(40)37-29-12-16-32(17-13-29)44(41,42)38-21-18-26(19-22-38)24-35-25-31(43-2)23-28-8-7-9-33(28)27-10-14-30(39)15-11-27/h10-17,26,28,31,33,35,39H,3-9,18-25H2,1-2H3,(H2,36,37,40)/t28?,31-,33?/m1/s1. The van der Waals surface area contributed by atoms with Crippen LogP contribution in [0.2, 0.25) is 0 Å². The number of piperidine rings is 1. The summed E-state index contributed by atoms with van der Waals surface area (Å²) in [6.07, 6.45) is 10.7. The fraction of sp³-hybridized carbons (Fsp3) is 0.618. The van der Waals surface area contributed by atoms with Gasteiger partial charge in [-0.3, -0.25) is 0 Å². The van der Waals surface area contributed by atoms with Gasteiger partial charge in [0.25, 0.3) is 0 Å². The molecule has 44 heavy (non-hydrogen) atoms. The molecule has 0 spiro atoms. The van der Waals surface area contributed by atoms with Crippen molar-refractivity contribution in [2.45, 2.75) is 88.0 Å². The number of carbonyl (C=O) groups excluding carboxylic acids is 1. The smallest absolute Gasteiger partial charge is 0.319 e. The fourth-order valence-corrected chi connectivity index (χ4v) is 8.14. The summed E-state index contributed by atoms with van der Waals surface area (Å²) >= 11 is 0. The predicted molar refractivity (Wildman–Crippen MR) is 176 cm³/mol. The Morgan fingerprint density at radius 2 is 1.73 bits per heavy atom. The highest BCUT2D eigenvalue weighted by molar-refractivity contribution is 7.89. The number of anilines is 1. The predicted octanol–water partition coefficient (Wildman–Crippen LogP) is 6.07. The van der Waals surface area contributed by atoms with Crippen molar-refractivity contribution in [3.8, 4) is 5.75 Å². The number of rotatable bonds is 16. The first kappa shape index (κ1) is 34.2. The SMILES string of the molecule is CCCCCCNC(=O)Nc1ccc(S(=O)(=O)N2CCC(CNC[C@@H](CC3CCCC3c3ccc(O)cc3)OC)CC2)cc1. The molecule has 2 fully saturated rings. The van der Waals surface area contributed by atoms with Crippen LogP contribution in [0.4, 0.5) is 10.5 Å². The number of aromatic hydroxyl groups is 1. The van der Waals surface area contributed by atoms with Crippen molar-refractivity contribution in [1.82, 2.24) is 14.9 Å². The van der Waals surface area contributed by atoms with E-state index in [0.717, 1.165) is 58.0 Å². The van der Waals surface area contributed by atoms with Gasteiger partial charge in [0, 0.05) is 39.0 Å². The van der Waals surface area contributed by atoms with Crippen molar-refractivity contribution in [1.29, 1.82) is 0 Å². The summed E-state index contributed by atoms with van der Waals surface area (Å²) in [6.45, 7) is 5.40. The molecular formula is C34H52N4O5S. The van der Waals surface area contributed by atoms with E-state index in [-0.39, 0.29) is 17.0 Å². The first-order valence-corrected chi connectivity index (χ1v) is 17.9. The average Bonchev–Trinajstić information content (AvgIpc) is 3.49. The largest absolute Gasteiger partial charge is 0.508 e. The van der Waals surface area contributed by atoms with Gasteiger partial charge in [0.05, 0.1) is 11.0 Å². The summed E-state index contributed by atoms with van der Waals surface area (Å²) in [7, 11) is -1.80. The lowest BCUT2D eigenvalue weighted by molar-refractivity contribution is 0.0764. The molecule has 9 nitrogen and oxygen atoms in total. The lowest BCUT2D eigenvalue weighted by atomic mass is 9.85. The number of hydrogen-bond acceptors (Lipinski definition) is 6. The van der Waals surface area contributed by atoms with E-state index in [2.05, 4.69) is 35.0 Å². The van der Waals surface area contributed by atoms with Gasteiger partial charge in [-0.15, -0.1) is 0 Å². The lowest BCUT2D eigenvalue weighted by Crippen LogP contribution is -2.41. The van der Waals surface area contributed by atoms with Crippen LogP contribution in [0.25, 0.3) is 0 Å². The summed E-state index contributed by atoms with van der Waals surface area (Å²) in [5.41, 5.74) is 1.87. The van der Waals surface area contributed by atoms with Gasteiger partial charge in [0.15, 0.2) is 0 Å². The molecule has 10 heteroatoms. The van der Waals surface area contributed by atoms with Crippen LogP contribution in [0.1, 0.15) is 82.6 Å². The zero-order valence-electron chi connectivity index (χ0n) is 26.5. The third kappa shape index (κ3) is 9.92. The molecule has 2 amide bonds. The van der Waals surface area contributed by atoms with Crippen LogP contribution in [-0.4, -0.2) is 69.8 Å². The molecule has 2 aromatic carbocycles. The normalized spacial score (nSPS) is 20.4. The van der Waals surface area contributed by atoms with Crippen LogP contribution < -0.4 is 16.0 Å². The van der Waals surface area contributed by atoms with Gasteiger partial charge in [-0.1, -0.05) is 44.7 Å². The molecule has 0 bridgehead atoms. The first-order valence-electron chi connectivity index (χ1n) is 16.5. The van der Waals surface area contributed by atoms with Gasteiger partial charge >= 0.3 is 6.03 Å². The molecule has 2 aromatic rings. The molecule has 4 N–H and O–H groups in total. The van der Waals surface area contributed by atoms with Crippen molar-refractivity contribution in [3.63, 3.8) is 0 Å². The van der Waals surface area contributed by atoms with E-state index in [1.165, 1.54) is 24.8 Å². The van der Waals surface area contributed by atoms with Gasteiger partial charge < -0.3 is 25.8 Å². The summed E-state index contributed by atoms with van der Waals surface area (Å²) in [5, 5.41) is 18.9. The van der Waals surface area contributed by atoms with Gasteiger partial charge in [-0.2, -0.15) is 4.31 Å². The summed E-state index contributed by atoms with van der Waals surface area (Å²) < 4.78 is 34.0. The third-order valence-corrected chi connectivity index (χ3v) is 11.2. The van der Waals surface area contributed by atoms with Crippen LogP contribution in [0.5, 0.6) is 5.75 Å². The van der Waals surface area contributed by atoms with Crippen molar-refractivity contribution in [2.75, 3.05) is 45.2 Å². The number of carbonyl (C=O) groups is 1. The molecule has 2 aliphatic rings. The molecule has 1 heterocycles. The zero-order valence-corrected chi connectivity index (χ0v) is 27.3. The number of amides is 2. The number of phenols is 1. The van der Waals surface area contributed by atoms with Gasteiger partial charge in [-0.25, -0.2) is 13.2 Å². The number of nitrogens with zero attached hydrogens (tertiary/aromatic N) is 1. The Bertz CT molecular complexity index is 1250. The molecule has 1 saturated heterocycles. The van der Waals surface area contributed by atoms with Crippen molar-refractivity contribution < 1.29 is 23.1 Å². The zero-order chi connectivity index (χ0) is 31.4. The Hall–Kier alpha value is -2.66. The maximum Gasteiger partial charge on any atom is 0.319 e. The van der Waals surface area contributed by atoms with E-state index >= 15 is 0 Å². The van der Waals surface area contributed by atoms with Crippen molar-refractivity contribution in [2.24, 2.45) is 11.8 Å². The van der Waals surface area contributed by atoms with E-state index in [9.17, 15) is 18.3 Å². The number of urea groups is 1. The third-order valence-electron chi connectivity index (χ3n) is 9.32. The van der Waals surface area contributed by atoms with Crippen LogP contribution in [-0.2, 0) is 14.8 Å². The molecule has 1 saturated carbocycles. The molecule has 0 radical (unpaired) electrons. The highest BCUT2D eigenvalue weighted by atomic mass is 32.2. The minimum Gasteiger partial charge on any atom is -0.508 e. The summed E-state index contributed by atoms with van der Waals surface area (Å²) in [5.74, 6) is 1.81. The summed E-state index contributed by atoms with van der Waals surface area (Å²) in [4.78, 5) is 12.4. The summed E-state index contributed by atoms with van der Waals surface area (Å²) in [6, 6.07) is 13.8. The molecule has 244 valence electrons. The molecule has 0 aromatic heterocycles. The topological polar surface area (TPSA) is 120 Å². The number of phenolic OH excluding ortho intramolecular Hbond substituents is 1. The highest BCUT2D eigenvalue weighted by Gasteiger charge is 2.32. The Kier molecular flexibility index (Phi) is 13.3. The molecule has 1 aliphatic heterocycles. The number of nitrogens with one attached hydrogen (secondary N) is 3. The van der Waals surface area contributed by atoms with Crippen molar-refractivity contribution in [3.05, 3.63) is 54.1 Å². The maximum absolute atomic E-state index is 13.3. The second kappa shape index (κ2) is 17.1. The van der Waals surface area contributed by atoms with Crippen molar-refractivity contribution >= 4 is 21.7 Å². The minimum absolute atomic E-state index is 0.132. The molecule has 4 rings (SSSR count).